The van der Waals surface area contributed by atoms with Crippen LogP contribution in [0.5, 0.6) is 0 Å². The Balaban J connectivity index is 2.13. The Labute approximate surface area is 106 Å². The lowest BCUT2D eigenvalue weighted by Crippen LogP contribution is -1.94. The summed E-state index contributed by atoms with van der Waals surface area (Å²) in [6.45, 7) is 1.95. The zero-order valence-electron chi connectivity index (χ0n) is 9.49. The molecular weight excluding hydrogens is 250 g/mol. The van der Waals surface area contributed by atoms with E-state index in [1.165, 1.54) is 6.20 Å². The monoisotopic (exact) mass is 259 g/mol. The molecule has 5 nitrogen and oxygen atoms in total. The van der Waals surface area contributed by atoms with E-state index < -0.39 is 5.97 Å². The molecule has 0 bridgehead atoms. The van der Waals surface area contributed by atoms with Crippen molar-refractivity contribution in [3.8, 4) is 10.4 Å². The largest absolute Gasteiger partial charge is 0.476 e. The molecule has 0 radical (unpaired) electrons. The smallest absolute Gasteiger partial charge is 0.356 e. The van der Waals surface area contributed by atoms with Crippen LogP contribution in [0.1, 0.15) is 15.5 Å². The second-order valence-corrected chi connectivity index (χ2v) is 5.09. The highest BCUT2D eigenvalue weighted by Gasteiger charge is 2.09. The zero-order chi connectivity index (χ0) is 12.7. The lowest BCUT2D eigenvalue weighted by Gasteiger charge is -1.97. The number of rotatable bonds is 2. The van der Waals surface area contributed by atoms with Crippen molar-refractivity contribution in [3.05, 3.63) is 41.4 Å². The Kier molecular flexibility index (Phi) is 2.38. The number of aromatic nitrogens is 3. The summed E-state index contributed by atoms with van der Waals surface area (Å²) in [7, 11) is 0. The van der Waals surface area contributed by atoms with Crippen molar-refractivity contribution in [2.75, 3.05) is 0 Å². The van der Waals surface area contributed by atoms with Crippen molar-refractivity contribution in [2.45, 2.75) is 6.92 Å². The summed E-state index contributed by atoms with van der Waals surface area (Å²) in [5, 5.41) is 9.89. The second kappa shape index (κ2) is 3.92. The predicted molar refractivity (Wildman–Crippen MR) is 68.0 cm³/mol. The van der Waals surface area contributed by atoms with E-state index in [9.17, 15) is 4.79 Å². The van der Waals surface area contributed by atoms with E-state index >= 15 is 0 Å². The molecule has 3 aromatic rings. The third-order valence-electron chi connectivity index (χ3n) is 2.58. The third kappa shape index (κ3) is 1.76. The fourth-order valence-electron chi connectivity index (χ4n) is 1.74. The van der Waals surface area contributed by atoms with Crippen LogP contribution in [0.2, 0.25) is 0 Å². The van der Waals surface area contributed by atoms with E-state index in [0.29, 0.717) is 5.65 Å². The molecule has 3 aromatic heterocycles. The molecule has 90 valence electrons. The van der Waals surface area contributed by atoms with Crippen molar-refractivity contribution >= 4 is 23.0 Å². The Bertz CT molecular complexity index is 745. The van der Waals surface area contributed by atoms with Crippen molar-refractivity contribution < 1.29 is 9.90 Å². The van der Waals surface area contributed by atoms with Gasteiger partial charge in [0, 0.05) is 24.2 Å². The van der Waals surface area contributed by atoms with Gasteiger partial charge in [0.25, 0.3) is 0 Å². The van der Waals surface area contributed by atoms with Crippen molar-refractivity contribution in [1.29, 1.82) is 0 Å². The Morgan fingerprint density at radius 3 is 2.89 bits per heavy atom. The van der Waals surface area contributed by atoms with Crippen LogP contribution in [0.3, 0.4) is 0 Å². The number of hydrogen-bond acceptors (Lipinski definition) is 4. The van der Waals surface area contributed by atoms with E-state index in [1.807, 2.05) is 25.4 Å². The van der Waals surface area contributed by atoms with Gasteiger partial charge in [-0.2, -0.15) is 0 Å². The average molecular weight is 259 g/mol. The van der Waals surface area contributed by atoms with Gasteiger partial charge in [-0.15, -0.1) is 11.3 Å². The number of carboxylic acid groups (broad SMARTS) is 1. The third-order valence-corrected chi connectivity index (χ3v) is 3.54. The van der Waals surface area contributed by atoms with Gasteiger partial charge in [0.1, 0.15) is 5.65 Å². The van der Waals surface area contributed by atoms with Crippen LogP contribution >= 0.6 is 11.3 Å². The second-order valence-electron chi connectivity index (χ2n) is 3.86. The first-order chi connectivity index (χ1) is 8.63. The van der Waals surface area contributed by atoms with Gasteiger partial charge in [0.2, 0.25) is 0 Å². The highest BCUT2D eigenvalue weighted by Crippen LogP contribution is 2.25. The number of imidazole rings is 1. The SMILES string of the molecule is Cc1ncc(-c2ccc3nc(C(=O)O)cn3c2)s1. The van der Waals surface area contributed by atoms with E-state index in [2.05, 4.69) is 9.97 Å². The number of hydrogen-bond donors (Lipinski definition) is 1. The molecule has 0 amide bonds. The summed E-state index contributed by atoms with van der Waals surface area (Å²) < 4.78 is 1.72. The molecule has 18 heavy (non-hydrogen) atoms. The zero-order valence-corrected chi connectivity index (χ0v) is 10.3. The molecule has 3 rings (SSSR count). The molecule has 1 N–H and O–H groups in total. The summed E-state index contributed by atoms with van der Waals surface area (Å²) in [6.07, 6.45) is 5.19. The van der Waals surface area contributed by atoms with Gasteiger partial charge in [0.05, 0.1) is 9.88 Å². The Morgan fingerprint density at radius 2 is 2.22 bits per heavy atom. The van der Waals surface area contributed by atoms with Gasteiger partial charge in [-0.25, -0.2) is 14.8 Å². The van der Waals surface area contributed by atoms with Gasteiger partial charge in [-0.05, 0) is 19.1 Å². The normalized spacial score (nSPS) is 10.9. The number of thiazole rings is 1. The number of carboxylic acids is 1. The number of aryl methyl sites for hydroxylation is 1. The topological polar surface area (TPSA) is 67.5 Å². The van der Waals surface area contributed by atoms with Gasteiger partial charge < -0.3 is 9.51 Å². The van der Waals surface area contributed by atoms with E-state index in [4.69, 9.17) is 5.11 Å². The summed E-state index contributed by atoms with van der Waals surface area (Å²) >= 11 is 1.60. The van der Waals surface area contributed by atoms with Crippen molar-refractivity contribution in [1.82, 2.24) is 14.4 Å². The minimum atomic E-state index is -1.02. The molecule has 0 saturated heterocycles. The molecule has 0 atom stereocenters. The standard InChI is InChI=1S/C12H9N3O2S/c1-7-13-4-10(18-7)8-2-3-11-14-9(12(16)17)6-15(11)5-8/h2-6H,1H3,(H,16,17). The number of pyridine rings is 1. The summed E-state index contributed by atoms with van der Waals surface area (Å²) in [6, 6.07) is 3.72. The Morgan fingerprint density at radius 1 is 1.39 bits per heavy atom. The maximum atomic E-state index is 10.8. The average Bonchev–Trinajstić information content (AvgIpc) is 2.93. The highest BCUT2D eigenvalue weighted by atomic mass is 32.1. The maximum Gasteiger partial charge on any atom is 0.356 e. The molecule has 6 heteroatoms. The number of aromatic carboxylic acids is 1. The van der Waals surface area contributed by atoms with Gasteiger partial charge >= 0.3 is 5.97 Å². The molecule has 0 aliphatic rings. The van der Waals surface area contributed by atoms with Crippen molar-refractivity contribution in [2.24, 2.45) is 0 Å². The van der Waals surface area contributed by atoms with E-state index in [-0.39, 0.29) is 5.69 Å². The van der Waals surface area contributed by atoms with Crippen LogP contribution < -0.4 is 0 Å². The first kappa shape index (κ1) is 10.9. The van der Waals surface area contributed by atoms with E-state index in [1.54, 1.807) is 21.8 Å². The Hall–Kier alpha value is -2.21. The van der Waals surface area contributed by atoms with Crippen LogP contribution in [-0.2, 0) is 0 Å². The van der Waals surface area contributed by atoms with E-state index in [0.717, 1.165) is 15.4 Å². The minimum absolute atomic E-state index is 0.0487. The number of fused-ring (bicyclic) bond motifs is 1. The lowest BCUT2D eigenvalue weighted by atomic mass is 10.2. The molecule has 0 spiro atoms. The van der Waals surface area contributed by atoms with Gasteiger partial charge in [-0.3, -0.25) is 0 Å². The van der Waals surface area contributed by atoms with Crippen LogP contribution in [0.15, 0.2) is 30.7 Å². The minimum Gasteiger partial charge on any atom is -0.476 e. The van der Waals surface area contributed by atoms with Crippen molar-refractivity contribution in [3.63, 3.8) is 0 Å². The van der Waals surface area contributed by atoms with Gasteiger partial charge in [0.15, 0.2) is 5.69 Å². The molecular formula is C12H9N3O2S. The summed E-state index contributed by atoms with van der Waals surface area (Å²) in [5.74, 6) is -1.02. The molecule has 0 aromatic carbocycles. The highest BCUT2D eigenvalue weighted by molar-refractivity contribution is 7.15. The lowest BCUT2D eigenvalue weighted by molar-refractivity contribution is 0.0691. The molecule has 0 aliphatic carbocycles. The van der Waals surface area contributed by atoms with Crippen LogP contribution in [0.4, 0.5) is 0 Å². The molecule has 0 unspecified atom stereocenters. The molecule has 0 saturated carbocycles. The molecule has 3 heterocycles. The fraction of sp³-hybridized carbons (Fsp3) is 0.0833. The van der Waals surface area contributed by atoms with Crippen LogP contribution in [0, 0.1) is 6.92 Å². The molecule has 0 aliphatic heterocycles. The summed E-state index contributed by atoms with van der Waals surface area (Å²) in [4.78, 5) is 20.1. The predicted octanol–water partition coefficient (Wildman–Crippen LogP) is 2.46. The quantitative estimate of drug-likeness (QED) is 0.767. The first-order valence-electron chi connectivity index (χ1n) is 5.28. The number of nitrogens with zero attached hydrogens (tertiary/aromatic N) is 3. The first-order valence-corrected chi connectivity index (χ1v) is 6.10. The summed E-state index contributed by atoms with van der Waals surface area (Å²) in [5.41, 5.74) is 1.67. The number of carbonyl (C=O) groups is 1. The fourth-order valence-corrected chi connectivity index (χ4v) is 2.50. The van der Waals surface area contributed by atoms with Crippen LogP contribution in [0.25, 0.3) is 16.1 Å². The maximum absolute atomic E-state index is 10.8. The van der Waals surface area contributed by atoms with Crippen LogP contribution in [-0.4, -0.2) is 25.4 Å². The van der Waals surface area contributed by atoms with Gasteiger partial charge in [-0.1, -0.05) is 0 Å². The molecule has 0 fully saturated rings.